The van der Waals surface area contributed by atoms with Crippen molar-refractivity contribution < 1.29 is 19.4 Å². The van der Waals surface area contributed by atoms with Crippen molar-refractivity contribution in [1.29, 1.82) is 0 Å². The maximum atomic E-state index is 11.1. The van der Waals surface area contributed by atoms with E-state index in [0.29, 0.717) is 5.56 Å². The molecule has 0 saturated carbocycles. The molecule has 0 bridgehead atoms. The van der Waals surface area contributed by atoms with Gasteiger partial charge in [0.15, 0.2) is 0 Å². The summed E-state index contributed by atoms with van der Waals surface area (Å²) in [4.78, 5) is 21.6. The molecule has 0 radical (unpaired) electrons. The third kappa shape index (κ3) is 2.80. The number of aliphatic carboxylic acids is 1. The lowest BCUT2D eigenvalue weighted by atomic mass is 10.2. The number of esters is 1. The van der Waals surface area contributed by atoms with E-state index in [-0.39, 0.29) is 6.54 Å². The van der Waals surface area contributed by atoms with Gasteiger partial charge < -0.3 is 9.84 Å². The van der Waals surface area contributed by atoms with Gasteiger partial charge in [0.2, 0.25) is 0 Å². The molecule has 1 aromatic rings. The number of carbonyl (C=O) groups excluding carboxylic acids is 1. The molecule has 0 amide bonds. The Balaban J connectivity index is 2.68. The van der Waals surface area contributed by atoms with Crippen LogP contribution in [0, 0.1) is 5.92 Å². The molecule has 1 heterocycles. The number of hydrogen-bond acceptors (Lipinski definition) is 4. The molecular weight excluding hydrogens is 200 g/mol. The number of carboxylic acid groups (broad SMARTS) is 1. The van der Waals surface area contributed by atoms with Crippen LogP contribution in [0.3, 0.4) is 0 Å². The van der Waals surface area contributed by atoms with Gasteiger partial charge >= 0.3 is 11.9 Å². The van der Waals surface area contributed by atoms with Gasteiger partial charge in [-0.1, -0.05) is 6.92 Å². The SMILES string of the molecule is COC(=O)c1cnn(C[C@@H](C)C(=O)O)c1. The van der Waals surface area contributed by atoms with E-state index in [4.69, 9.17) is 5.11 Å². The minimum absolute atomic E-state index is 0.228. The maximum absolute atomic E-state index is 11.1. The Kier molecular flexibility index (Phi) is 3.43. The van der Waals surface area contributed by atoms with Crippen molar-refractivity contribution in [3.05, 3.63) is 18.0 Å². The zero-order valence-corrected chi connectivity index (χ0v) is 8.51. The van der Waals surface area contributed by atoms with E-state index in [1.165, 1.54) is 24.2 Å². The second kappa shape index (κ2) is 4.59. The van der Waals surface area contributed by atoms with Crippen molar-refractivity contribution in [2.75, 3.05) is 7.11 Å². The first kappa shape index (κ1) is 11.2. The van der Waals surface area contributed by atoms with Gasteiger partial charge in [0.25, 0.3) is 0 Å². The van der Waals surface area contributed by atoms with E-state index in [1.807, 2.05) is 0 Å². The molecule has 1 aromatic heterocycles. The average Bonchev–Trinajstić information content (AvgIpc) is 2.65. The molecule has 1 rings (SSSR count). The fraction of sp³-hybridized carbons (Fsp3) is 0.444. The molecule has 15 heavy (non-hydrogen) atoms. The van der Waals surface area contributed by atoms with Gasteiger partial charge in [0, 0.05) is 6.20 Å². The first-order chi connectivity index (χ1) is 7.04. The van der Waals surface area contributed by atoms with Gasteiger partial charge in [-0.15, -0.1) is 0 Å². The lowest BCUT2D eigenvalue weighted by Gasteiger charge is -2.04. The highest BCUT2D eigenvalue weighted by Crippen LogP contribution is 2.04. The van der Waals surface area contributed by atoms with Crippen molar-refractivity contribution in [1.82, 2.24) is 9.78 Å². The zero-order chi connectivity index (χ0) is 11.4. The highest BCUT2D eigenvalue weighted by atomic mass is 16.5. The van der Waals surface area contributed by atoms with E-state index in [9.17, 15) is 9.59 Å². The Hall–Kier alpha value is -1.85. The lowest BCUT2D eigenvalue weighted by Crippen LogP contribution is -2.16. The molecule has 0 aromatic carbocycles. The largest absolute Gasteiger partial charge is 0.481 e. The van der Waals surface area contributed by atoms with E-state index in [1.54, 1.807) is 6.92 Å². The number of aromatic nitrogens is 2. The number of methoxy groups -OCH3 is 1. The van der Waals surface area contributed by atoms with Crippen LogP contribution in [0.15, 0.2) is 12.4 Å². The van der Waals surface area contributed by atoms with Crippen molar-refractivity contribution >= 4 is 11.9 Å². The normalized spacial score (nSPS) is 12.1. The van der Waals surface area contributed by atoms with Crippen LogP contribution in [-0.2, 0) is 16.1 Å². The second-order valence-corrected chi connectivity index (χ2v) is 3.18. The minimum Gasteiger partial charge on any atom is -0.481 e. The molecule has 0 aliphatic carbocycles. The summed E-state index contributed by atoms with van der Waals surface area (Å²) in [6.07, 6.45) is 2.81. The Morgan fingerprint density at radius 1 is 1.67 bits per heavy atom. The monoisotopic (exact) mass is 212 g/mol. The Labute approximate surface area is 86.5 Å². The van der Waals surface area contributed by atoms with Gasteiger partial charge in [-0.25, -0.2) is 4.79 Å². The molecule has 0 spiro atoms. The summed E-state index contributed by atoms with van der Waals surface area (Å²) in [6, 6.07) is 0. The number of ether oxygens (including phenoxy) is 1. The van der Waals surface area contributed by atoms with Crippen molar-refractivity contribution in [2.24, 2.45) is 5.92 Å². The topological polar surface area (TPSA) is 81.4 Å². The number of carbonyl (C=O) groups is 2. The van der Waals surface area contributed by atoms with Crippen LogP contribution in [0.1, 0.15) is 17.3 Å². The fourth-order valence-corrected chi connectivity index (χ4v) is 1.05. The summed E-state index contributed by atoms with van der Waals surface area (Å²) in [5.74, 6) is -1.93. The lowest BCUT2D eigenvalue weighted by molar-refractivity contribution is -0.141. The third-order valence-electron chi connectivity index (χ3n) is 1.94. The van der Waals surface area contributed by atoms with Gasteiger partial charge in [-0.05, 0) is 0 Å². The standard InChI is InChI=1S/C9H12N2O4/c1-6(8(12)13)4-11-5-7(3-10-11)9(14)15-2/h3,5-6H,4H2,1-2H3,(H,12,13)/t6-/m1/s1. The summed E-state index contributed by atoms with van der Waals surface area (Å²) < 4.78 is 5.90. The quantitative estimate of drug-likeness (QED) is 0.730. The molecule has 0 aliphatic heterocycles. The predicted molar refractivity (Wildman–Crippen MR) is 50.4 cm³/mol. The molecule has 82 valence electrons. The number of nitrogens with zero attached hydrogens (tertiary/aromatic N) is 2. The van der Waals surface area contributed by atoms with Crippen LogP contribution in [-0.4, -0.2) is 33.9 Å². The van der Waals surface area contributed by atoms with Gasteiger partial charge in [0.05, 0.1) is 31.3 Å². The fourth-order valence-electron chi connectivity index (χ4n) is 1.05. The highest BCUT2D eigenvalue weighted by Gasteiger charge is 2.14. The molecule has 0 aliphatic rings. The number of carboxylic acids is 1. The van der Waals surface area contributed by atoms with Crippen molar-refractivity contribution in [2.45, 2.75) is 13.5 Å². The van der Waals surface area contributed by atoms with Crippen LogP contribution >= 0.6 is 0 Å². The summed E-state index contributed by atoms with van der Waals surface area (Å²) in [5.41, 5.74) is 0.315. The molecule has 0 unspecified atom stereocenters. The number of hydrogen-bond donors (Lipinski definition) is 1. The Morgan fingerprint density at radius 3 is 2.87 bits per heavy atom. The van der Waals surface area contributed by atoms with E-state index >= 15 is 0 Å². The van der Waals surface area contributed by atoms with E-state index in [2.05, 4.69) is 9.84 Å². The van der Waals surface area contributed by atoms with Crippen molar-refractivity contribution in [3.63, 3.8) is 0 Å². The van der Waals surface area contributed by atoms with Gasteiger partial charge in [-0.3, -0.25) is 9.48 Å². The third-order valence-corrected chi connectivity index (χ3v) is 1.94. The molecule has 1 N–H and O–H groups in total. The van der Waals surface area contributed by atoms with Crippen LogP contribution < -0.4 is 0 Å². The highest BCUT2D eigenvalue weighted by molar-refractivity contribution is 5.88. The smallest absolute Gasteiger partial charge is 0.341 e. The summed E-state index contributed by atoms with van der Waals surface area (Å²) in [5, 5.41) is 12.5. The summed E-state index contributed by atoms with van der Waals surface area (Å²) in [7, 11) is 1.28. The molecule has 0 fully saturated rings. The van der Waals surface area contributed by atoms with Crippen LogP contribution in [0.4, 0.5) is 0 Å². The zero-order valence-electron chi connectivity index (χ0n) is 8.51. The van der Waals surface area contributed by atoms with E-state index in [0.717, 1.165) is 0 Å². The molecule has 0 saturated heterocycles. The number of rotatable bonds is 4. The Bertz CT molecular complexity index is 372. The maximum Gasteiger partial charge on any atom is 0.341 e. The molecule has 6 nitrogen and oxygen atoms in total. The van der Waals surface area contributed by atoms with E-state index < -0.39 is 17.9 Å². The molecular formula is C9H12N2O4. The second-order valence-electron chi connectivity index (χ2n) is 3.18. The van der Waals surface area contributed by atoms with Gasteiger partial charge in [0.1, 0.15) is 0 Å². The minimum atomic E-state index is -0.898. The summed E-state index contributed by atoms with van der Waals surface area (Å²) in [6.45, 7) is 1.80. The van der Waals surface area contributed by atoms with Crippen LogP contribution in [0.25, 0.3) is 0 Å². The van der Waals surface area contributed by atoms with Gasteiger partial charge in [-0.2, -0.15) is 5.10 Å². The van der Waals surface area contributed by atoms with Crippen LogP contribution in [0.2, 0.25) is 0 Å². The first-order valence-corrected chi connectivity index (χ1v) is 4.38. The predicted octanol–water partition coefficient (Wildman–Crippen LogP) is 0.390. The molecule has 6 heteroatoms. The average molecular weight is 212 g/mol. The first-order valence-electron chi connectivity index (χ1n) is 4.38. The molecule has 1 atom stereocenters. The summed E-state index contributed by atoms with van der Waals surface area (Å²) >= 11 is 0. The van der Waals surface area contributed by atoms with Crippen LogP contribution in [0.5, 0.6) is 0 Å². The Morgan fingerprint density at radius 2 is 2.33 bits per heavy atom. The van der Waals surface area contributed by atoms with Crippen molar-refractivity contribution in [3.8, 4) is 0 Å².